The third kappa shape index (κ3) is 3.90. The normalized spacial score (nSPS) is 12.0. The fourth-order valence-electron chi connectivity index (χ4n) is 2.71. The lowest BCUT2D eigenvalue weighted by atomic mass is 10.0. The fraction of sp³-hybridized carbons (Fsp3) is 0.250. The molecule has 0 aliphatic rings. The summed E-state index contributed by atoms with van der Waals surface area (Å²) in [5.74, 6) is 0.763. The molecule has 1 atom stereocenters. The highest BCUT2D eigenvalue weighted by molar-refractivity contribution is 5.57. The van der Waals surface area contributed by atoms with Crippen molar-refractivity contribution in [2.24, 2.45) is 0 Å². The van der Waals surface area contributed by atoms with Crippen LogP contribution in [0.15, 0.2) is 53.2 Å². The van der Waals surface area contributed by atoms with Gasteiger partial charge >= 0.3 is 0 Å². The smallest absolute Gasteiger partial charge is 0.232 e. The van der Waals surface area contributed by atoms with Gasteiger partial charge in [0.25, 0.3) is 0 Å². The molecule has 2 aromatic heterocycles. The molecule has 2 heterocycles. The summed E-state index contributed by atoms with van der Waals surface area (Å²) >= 11 is 0. The maximum absolute atomic E-state index is 9.36. The van der Waals surface area contributed by atoms with Crippen LogP contribution in [0.4, 0.5) is 5.88 Å². The van der Waals surface area contributed by atoms with E-state index in [1.165, 1.54) is 11.1 Å². The molecule has 0 saturated heterocycles. The van der Waals surface area contributed by atoms with E-state index in [9.17, 15) is 5.26 Å². The largest absolute Gasteiger partial charge is 0.419 e. The van der Waals surface area contributed by atoms with Gasteiger partial charge < -0.3 is 14.6 Å². The lowest BCUT2D eigenvalue weighted by Gasteiger charge is -2.25. The number of nitrogens with zero attached hydrogens (tertiary/aromatic N) is 4. The number of likely N-dealkylation sites (N-methyl/N-ethyl adjacent to an activating group) is 1. The number of hydrogen-bond acceptors (Lipinski definition) is 6. The molecule has 3 rings (SSSR count). The first-order valence-electron chi connectivity index (χ1n) is 8.36. The van der Waals surface area contributed by atoms with E-state index in [1.54, 1.807) is 18.5 Å². The van der Waals surface area contributed by atoms with E-state index in [1.807, 2.05) is 20.2 Å². The molecule has 0 unspecified atom stereocenters. The Hall–Kier alpha value is -3.17. The Bertz CT molecular complexity index is 894. The number of aromatic nitrogens is 2. The molecule has 6 heteroatoms. The molecule has 1 aromatic carbocycles. The lowest BCUT2D eigenvalue weighted by molar-refractivity contribution is 0.310. The van der Waals surface area contributed by atoms with Gasteiger partial charge in [-0.1, -0.05) is 29.8 Å². The molecule has 132 valence electrons. The molecular formula is C20H21N5O. The van der Waals surface area contributed by atoms with E-state index in [0.29, 0.717) is 18.3 Å². The fourth-order valence-corrected chi connectivity index (χ4v) is 2.71. The maximum Gasteiger partial charge on any atom is 0.232 e. The zero-order valence-corrected chi connectivity index (χ0v) is 15.1. The number of oxazole rings is 1. The van der Waals surface area contributed by atoms with Crippen molar-refractivity contribution in [3.63, 3.8) is 0 Å². The molecule has 0 aliphatic carbocycles. The topological polar surface area (TPSA) is 78.0 Å². The van der Waals surface area contributed by atoms with Gasteiger partial charge in [0, 0.05) is 18.9 Å². The molecule has 0 radical (unpaired) electrons. The second-order valence-electron chi connectivity index (χ2n) is 6.32. The Morgan fingerprint density at radius 1 is 1.23 bits per heavy atom. The van der Waals surface area contributed by atoms with Gasteiger partial charge in [-0.25, -0.2) is 0 Å². The van der Waals surface area contributed by atoms with Crippen molar-refractivity contribution in [3.05, 3.63) is 65.6 Å². The van der Waals surface area contributed by atoms with Crippen LogP contribution in [0.1, 0.15) is 22.9 Å². The number of nitrogens with one attached hydrogen (secondary N) is 1. The third-order valence-corrected chi connectivity index (χ3v) is 4.18. The van der Waals surface area contributed by atoms with Crippen LogP contribution in [0.3, 0.4) is 0 Å². The first-order chi connectivity index (χ1) is 12.6. The predicted octanol–water partition coefficient (Wildman–Crippen LogP) is 3.63. The van der Waals surface area contributed by atoms with Crippen LogP contribution in [0.2, 0.25) is 0 Å². The highest BCUT2D eigenvalue weighted by Crippen LogP contribution is 2.26. The zero-order valence-electron chi connectivity index (χ0n) is 15.1. The van der Waals surface area contributed by atoms with Crippen LogP contribution in [0, 0.1) is 18.3 Å². The van der Waals surface area contributed by atoms with Crippen molar-refractivity contribution in [2.75, 3.05) is 26.0 Å². The standard InChI is InChI=1S/C20H21N5O/c1-14-6-8-15(9-7-14)18(25(2)3)13-23-20-17(11-21)24-19(26-20)16-5-4-10-22-12-16/h4-10,12,18,23H,13H2,1-3H3/t18-/m0/s1. The average molecular weight is 347 g/mol. The Balaban J connectivity index is 1.80. The summed E-state index contributed by atoms with van der Waals surface area (Å²) in [5, 5.41) is 12.6. The highest BCUT2D eigenvalue weighted by atomic mass is 16.4. The highest BCUT2D eigenvalue weighted by Gasteiger charge is 2.18. The van der Waals surface area contributed by atoms with Crippen molar-refractivity contribution in [1.29, 1.82) is 5.26 Å². The monoisotopic (exact) mass is 347 g/mol. The Kier molecular flexibility index (Phi) is 5.30. The van der Waals surface area contributed by atoms with Gasteiger partial charge in [-0.2, -0.15) is 10.2 Å². The van der Waals surface area contributed by atoms with Crippen LogP contribution in [0.25, 0.3) is 11.5 Å². The molecular weight excluding hydrogens is 326 g/mol. The van der Waals surface area contributed by atoms with Crippen molar-refractivity contribution in [3.8, 4) is 17.5 Å². The van der Waals surface area contributed by atoms with Gasteiger partial charge in [-0.05, 0) is 38.7 Å². The Labute approximate surface area is 153 Å². The number of aryl methyl sites for hydroxylation is 1. The summed E-state index contributed by atoms with van der Waals surface area (Å²) in [6.45, 7) is 2.66. The number of anilines is 1. The van der Waals surface area contributed by atoms with E-state index in [0.717, 1.165) is 5.56 Å². The van der Waals surface area contributed by atoms with Gasteiger partial charge in [-0.15, -0.1) is 0 Å². The van der Waals surface area contributed by atoms with Crippen molar-refractivity contribution >= 4 is 5.88 Å². The second-order valence-corrected chi connectivity index (χ2v) is 6.32. The van der Waals surface area contributed by atoms with Crippen molar-refractivity contribution in [2.45, 2.75) is 13.0 Å². The van der Waals surface area contributed by atoms with E-state index < -0.39 is 0 Å². The molecule has 0 bridgehead atoms. The van der Waals surface area contributed by atoms with Gasteiger partial charge in [0.15, 0.2) is 0 Å². The van der Waals surface area contributed by atoms with Gasteiger partial charge in [0.2, 0.25) is 17.5 Å². The molecule has 26 heavy (non-hydrogen) atoms. The van der Waals surface area contributed by atoms with E-state index in [4.69, 9.17) is 4.42 Å². The second kappa shape index (κ2) is 7.81. The van der Waals surface area contributed by atoms with Crippen molar-refractivity contribution < 1.29 is 4.42 Å². The number of nitriles is 1. The summed E-state index contributed by atoms with van der Waals surface area (Å²) in [4.78, 5) is 10.4. The summed E-state index contributed by atoms with van der Waals surface area (Å²) < 4.78 is 5.77. The molecule has 1 N–H and O–H groups in total. The van der Waals surface area contributed by atoms with Crippen LogP contribution in [-0.4, -0.2) is 35.5 Å². The van der Waals surface area contributed by atoms with Crippen LogP contribution in [0.5, 0.6) is 0 Å². The van der Waals surface area contributed by atoms with Gasteiger partial charge in [-0.3, -0.25) is 4.98 Å². The van der Waals surface area contributed by atoms with Crippen LogP contribution >= 0.6 is 0 Å². The first-order valence-corrected chi connectivity index (χ1v) is 8.36. The average Bonchev–Trinajstić information content (AvgIpc) is 3.07. The molecule has 0 spiro atoms. The summed E-state index contributed by atoms with van der Waals surface area (Å²) in [6, 6.07) is 14.3. The van der Waals surface area contributed by atoms with Crippen molar-refractivity contribution in [1.82, 2.24) is 14.9 Å². The Morgan fingerprint density at radius 3 is 2.62 bits per heavy atom. The molecule has 0 amide bonds. The number of benzene rings is 1. The van der Waals surface area contributed by atoms with E-state index in [-0.39, 0.29) is 11.7 Å². The minimum Gasteiger partial charge on any atom is -0.419 e. The maximum atomic E-state index is 9.36. The minimum absolute atomic E-state index is 0.133. The van der Waals surface area contributed by atoms with Gasteiger partial charge in [0.1, 0.15) is 6.07 Å². The summed E-state index contributed by atoms with van der Waals surface area (Å²) in [7, 11) is 4.05. The quantitative estimate of drug-likeness (QED) is 0.733. The van der Waals surface area contributed by atoms with Gasteiger partial charge in [0.05, 0.1) is 11.6 Å². The number of hydrogen-bond donors (Lipinski definition) is 1. The molecule has 0 saturated carbocycles. The first kappa shape index (κ1) is 17.6. The Morgan fingerprint density at radius 2 is 2.00 bits per heavy atom. The van der Waals surface area contributed by atoms with Crippen LogP contribution in [-0.2, 0) is 0 Å². The lowest BCUT2D eigenvalue weighted by Crippen LogP contribution is -2.26. The summed E-state index contributed by atoms with van der Waals surface area (Å²) in [5.41, 5.74) is 3.39. The number of rotatable bonds is 6. The zero-order chi connectivity index (χ0) is 18.5. The van der Waals surface area contributed by atoms with E-state index in [2.05, 4.69) is 57.4 Å². The van der Waals surface area contributed by atoms with E-state index >= 15 is 0 Å². The molecule has 3 aromatic rings. The summed E-state index contributed by atoms with van der Waals surface area (Å²) in [6.07, 6.45) is 3.34. The molecule has 0 aliphatic heterocycles. The third-order valence-electron chi connectivity index (χ3n) is 4.18. The number of pyridine rings is 1. The minimum atomic E-state index is 0.133. The predicted molar refractivity (Wildman–Crippen MR) is 101 cm³/mol. The molecule has 0 fully saturated rings. The SMILES string of the molecule is Cc1ccc([C@H](CNc2oc(-c3cccnc3)nc2C#N)N(C)C)cc1. The molecule has 6 nitrogen and oxygen atoms in total. The van der Waals surface area contributed by atoms with Crippen LogP contribution < -0.4 is 5.32 Å².